The van der Waals surface area contributed by atoms with Gasteiger partial charge in [0.25, 0.3) is 0 Å². The summed E-state index contributed by atoms with van der Waals surface area (Å²) in [4.78, 5) is 22.7. The maximum atomic E-state index is 13.0. The standard InChI is InChI=1S/C15H19FN2O3/c16-12-5-1-3-10(7-12)8-17-15(21)18-9-11-4-2-6-13(11)14(19)20/h1,3,5,7,11,13H,2,4,6,8-9H2,(H,19,20)(H2,17,18,21). The van der Waals surface area contributed by atoms with Crippen LogP contribution in [0.2, 0.25) is 0 Å². The normalized spacial score (nSPS) is 21.0. The Morgan fingerprint density at radius 3 is 2.81 bits per heavy atom. The van der Waals surface area contributed by atoms with Gasteiger partial charge in [0.2, 0.25) is 0 Å². The Kier molecular flexibility index (Phi) is 5.14. The van der Waals surface area contributed by atoms with Crippen LogP contribution in [0.25, 0.3) is 0 Å². The SMILES string of the molecule is O=C(NCc1cccc(F)c1)NCC1CCCC1C(=O)O. The van der Waals surface area contributed by atoms with Crippen LogP contribution in [-0.2, 0) is 11.3 Å². The van der Waals surface area contributed by atoms with Crippen molar-refractivity contribution in [3.63, 3.8) is 0 Å². The molecule has 0 saturated heterocycles. The number of halogens is 1. The van der Waals surface area contributed by atoms with Crippen molar-refractivity contribution in [1.82, 2.24) is 10.6 Å². The third kappa shape index (κ3) is 4.44. The summed E-state index contributed by atoms with van der Waals surface area (Å²) in [7, 11) is 0. The van der Waals surface area contributed by atoms with Gasteiger partial charge in [0.05, 0.1) is 5.92 Å². The van der Waals surface area contributed by atoms with Gasteiger partial charge in [0.1, 0.15) is 5.82 Å². The summed E-state index contributed by atoms with van der Waals surface area (Å²) in [6.45, 7) is 0.586. The molecule has 6 heteroatoms. The highest BCUT2D eigenvalue weighted by molar-refractivity contribution is 5.74. The number of rotatable bonds is 5. The number of carboxylic acids is 1. The molecule has 0 radical (unpaired) electrons. The number of amides is 2. The van der Waals surface area contributed by atoms with Gasteiger partial charge in [-0.25, -0.2) is 9.18 Å². The summed E-state index contributed by atoms with van der Waals surface area (Å²) >= 11 is 0. The topological polar surface area (TPSA) is 78.4 Å². The maximum absolute atomic E-state index is 13.0. The van der Waals surface area contributed by atoms with E-state index in [1.54, 1.807) is 12.1 Å². The monoisotopic (exact) mass is 294 g/mol. The minimum absolute atomic E-state index is 0.0116. The second-order valence-corrected chi connectivity index (χ2v) is 5.33. The van der Waals surface area contributed by atoms with Gasteiger partial charge >= 0.3 is 12.0 Å². The average Bonchev–Trinajstić information content (AvgIpc) is 2.91. The van der Waals surface area contributed by atoms with Crippen molar-refractivity contribution < 1.29 is 19.1 Å². The largest absolute Gasteiger partial charge is 0.481 e. The summed E-state index contributed by atoms with van der Waals surface area (Å²) in [5.41, 5.74) is 0.675. The quantitative estimate of drug-likeness (QED) is 0.778. The molecular weight excluding hydrogens is 275 g/mol. The fraction of sp³-hybridized carbons (Fsp3) is 0.467. The first kappa shape index (κ1) is 15.3. The van der Waals surface area contributed by atoms with E-state index in [9.17, 15) is 14.0 Å². The van der Waals surface area contributed by atoms with E-state index in [-0.39, 0.29) is 30.2 Å². The molecule has 1 saturated carbocycles. The van der Waals surface area contributed by atoms with Crippen LogP contribution in [-0.4, -0.2) is 23.7 Å². The van der Waals surface area contributed by atoms with Crippen molar-refractivity contribution in [2.75, 3.05) is 6.54 Å². The number of hydrogen-bond donors (Lipinski definition) is 3. The molecule has 0 heterocycles. The van der Waals surface area contributed by atoms with Crippen LogP contribution in [0.15, 0.2) is 24.3 Å². The Morgan fingerprint density at radius 2 is 2.10 bits per heavy atom. The molecule has 21 heavy (non-hydrogen) atoms. The molecule has 1 fully saturated rings. The number of aliphatic carboxylic acids is 1. The van der Waals surface area contributed by atoms with Gasteiger partial charge in [-0.2, -0.15) is 0 Å². The lowest BCUT2D eigenvalue weighted by atomic mass is 9.96. The molecule has 2 amide bonds. The van der Waals surface area contributed by atoms with Crippen molar-refractivity contribution in [2.24, 2.45) is 11.8 Å². The van der Waals surface area contributed by atoms with Gasteiger partial charge in [-0.15, -0.1) is 0 Å². The summed E-state index contributed by atoms with van der Waals surface area (Å²) in [6, 6.07) is 5.64. The second kappa shape index (κ2) is 7.06. The number of urea groups is 1. The zero-order valence-electron chi connectivity index (χ0n) is 11.6. The molecule has 2 atom stereocenters. The number of carbonyl (C=O) groups is 2. The molecular formula is C15H19FN2O3. The van der Waals surface area contributed by atoms with E-state index in [1.165, 1.54) is 12.1 Å². The third-order valence-electron chi connectivity index (χ3n) is 3.84. The molecule has 2 unspecified atom stereocenters. The lowest BCUT2D eigenvalue weighted by Crippen LogP contribution is -2.39. The van der Waals surface area contributed by atoms with E-state index in [2.05, 4.69) is 10.6 Å². The van der Waals surface area contributed by atoms with Crippen LogP contribution in [0.3, 0.4) is 0 Å². The zero-order chi connectivity index (χ0) is 15.2. The molecule has 0 aromatic heterocycles. The summed E-state index contributed by atoms with van der Waals surface area (Å²) < 4.78 is 13.0. The Morgan fingerprint density at radius 1 is 1.29 bits per heavy atom. The highest BCUT2D eigenvalue weighted by atomic mass is 19.1. The van der Waals surface area contributed by atoms with Crippen molar-refractivity contribution in [3.05, 3.63) is 35.6 Å². The number of nitrogens with one attached hydrogen (secondary N) is 2. The molecule has 0 spiro atoms. The van der Waals surface area contributed by atoms with Gasteiger partial charge in [0.15, 0.2) is 0 Å². The Hall–Kier alpha value is -2.11. The van der Waals surface area contributed by atoms with Crippen LogP contribution in [0, 0.1) is 17.7 Å². The first-order valence-corrected chi connectivity index (χ1v) is 7.05. The first-order chi connectivity index (χ1) is 10.1. The minimum Gasteiger partial charge on any atom is -0.481 e. The smallest absolute Gasteiger partial charge is 0.315 e. The van der Waals surface area contributed by atoms with E-state index in [4.69, 9.17) is 5.11 Å². The van der Waals surface area contributed by atoms with Gasteiger partial charge in [-0.1, -0.05) is 18.6 Å². The molecule has 0 bridgehead atoms. The van der Waals surface area contributed by atoms with Crippen molar-refractivity contribution >= 4 is 12.0 Å². The molecule has 1 aliphatic carbocycles. The number of benzene rings is 1. The van der Waals surface area contributed by atoms with E-state index < -0.39 is 5.97 Å². The molecule has 1 aromatic carbocycles. The lowest BCUT2D eigenvalue weighted by molar-refractivity contribution is -0.142. The van der Waals surface area contributed by atoms with E-state index in [0.29, 0.717) is 18.5 Å². The minimum atomic E-state index is -0.792. The van der Waals surface area contributed by atoms with Crippen LogP contribution in [0.5, 0.6) is 0 Å². The molecule has 1 aliphatic rings. The summed E-state index contributed by atoms with van der Waals surface area (Å²) in [5, 5.41) is 14.4. The number of carbonyl (C=O) groups excluding carboxylic acids is 1. The van der Waals surface area contributed by atoms with Crippen LogP contribution < -0.4 is 10.6 Å². The third-order valence-corrected chi connectivity index (χ3v) is 3.84. The first-order valence-electron chi connectivity index (χ1n) is 7.05. The Labute approximate surface area is 122 Å². The molecule has 1 aromatic rings. The van der Waals surface area contributed by atoms with Crippen molar-refractivity contribution in [1.29, 1.82) is 0 Å². The summed E-state index contributed by atoms with van der Waals surface area (Å²) in [6.07, 6.45) is 2.38. The average molecular weight is 294 g/mol. The van der Waals surface area contributed by atoms with Crippen LogP contribution in [0.1, 0.15) is 24.8 Å². The zero-order valence-corrected chi connectivity index (χ0v) is 11.6. The molecule has 2 rings (SSSR count). The van der Waals surface area contributed by atoms with E-state index >= 15 is 0 Å². The maximum Gasteiger partial charge on any atom is 0.315 e. The van der Waals surface area contributed by atoms with Crippen molar-refractivity contribution in [2.45, 2.75) is 25.8 Å². The van der Waals surface area contributed by atoms with Crippen LogP contribution >= 0.6 is 0 Å². The fourth-order valence-electron chi connectivity index (χ4n) is 2.72. The molecule has 5 nitrogen and oxygen atoms in total. The highest BCUT2D eigenvalue weighted by Crippen LogP contribution is 2.31. The fourth-order valence-corrected chi connectivity index (χ4v) is 2.72. The Balaban J connectivity index is 1.74. The van der Waals surface area contributed by atoms with Crippen LogP contribution in [0.4, 0.5) is 9.18 Å². The molecule has 114 valence electrons. The van der Waals surface area contributed by atoms with Gasteiger partial charge in [-0.3, -0.25) is 4.79 Å². The van der Waals surface area contributed by atoms with E-state index in [1.807, 2.05) is 0 Å². The second-order valence-electron chi connectivity index (χ2n) is 5.33. The number of carboxylic acid groups (broad SMARTS) is 1. The predicted molar refractivity (Wildman–Crippen MR) is 75.1 cm³/mol. The summed E-state index contributed by atoms with van der Waals surface area (Å²) in [5.74, 6) is -1.51. The van der Waals surface area contributed by atoms with Gasteiger partial charge in [-0.05, 0) is 36.5 Å². The molecule has 3 N–H and O–H groups in total. The van der Waals surface area contributed by atoms with Crippen molar-refractivity contribution in [3.8, 4) is 0 Å². The lowest BCUT2D eigenvalue weighted by Gasteiger charge is -2.16. The highest BCUT2D eigenvalue weighted by Gasteiger charge is 2.32. The van der Waals surface area contributed by atoms with E-state index in [0.717, 1.165) is 12.8 Å². The number of hydrogen-bond acceptors (Lipinski definition) is 2. The van der Waals surface area contributed by atoms with Gasteiger partial charge in [0, 0.05) is 13.1 Å². The van der Waals surface area contributed by atoms with Gasteiger partial charge < -0.3 is 15.7 Å². The predicted octanol–water partition coefficient (Wildman–Crippen LogP) is 2.13. The molecule has 0 aliphatic heterocycles. The Bertz CT molecular complexity index is 521.